The van der Waals surface area contributed by atoms with Gasteiger partial charge in [-0.1, -0.05) is 28.6 Å². The van der Waals surface area contributed by atoms with Crippen molar-refractivity contribution in [3.05, 3.63) is 60.4 Å². The fourth-order valence-electron chi connectivity index (χ4n) is 4.53. The minimum Gasteiger partial charge on any atom is -0.492 e. The number of anilines is 2. The number of urea groups is 1. The van der Waals surface area contributed by atoms with Crippen LogP contribution in [0.25, 0.3) is 26.4 Å². The Bertz CT molecular complexity index is 1770. The van der Waals surface area contributed by atoms with Gasteiger partial charge in [-0.2, -0.15) is 0 Å². The average molecular weight is 637 g/mol. The first-order valence-electron chi connectivity index (χ1n) is 13.3. The molecule has 4 unspecified atom stereocenters. The number of morpholine rings is 1. The first kappa shape index (κ1) is 29.8. The van der Waals surface area contributed by atoms with E-state index in [-0.39, 0.29) is 24.7 Å². The van der Waals surface area contributed by atoms with E-state index in [1.54, 1.807) is 42.5 Å². The lowest BCUT2D eigenvalue weighted by molar-refractivity contribution is -0.292. The van der Waals surface area contributed by atoms with E-state index in [1.165, 1.54) is 31.3 Å². The number of benzene rings is 2. The number of hydrogen-bond donors (Lipinski definition) is 2. The van der Waals surface area contributed by atoms with Crippen LogP contribution in [0.3, 0.4) is 0 Å². The number of carbonyl (C=O) groups excluding carboxylic acids is 1. The average Bonchev–Trinajstić information content (AvgIpc) is 3.69. The third-order valence-corrected chi connectivity index (χ3v) is 7.82. The normalized spacial score (nSPS) is 21.2. The van der Waals surface area contributed by atoms with Crippen molar-refractivity contribution in [1.29, 1.82) is 0 Å². The van der Waals surface area contributed by atoms with Crippen LogP contribution in [0.2, 0.25) is 0 Å². The van der Waals surface area contributed by atoms with E-state index in [2.05, 4.69) is 20.5 Å². The summed E-state index contributed by atoms with van der Waals surface area (Å²) in [6, 6.07) is 12.9. The van der Waals surface area contributed by atoms with E-state index in [4.69, 9.17) is 14.2 Å². The summed E-state index contributed by atoms with van der Waals surface area (Å²) in [6.07, 6.45) is -8.19. The van der Waals surface area contributed by atoms with E-state index in [9.17, 15) is 26.7 Å². The van der Waals surface area contributed by atoms with Gasteiger partial charge in [0.2, 0.25) is 31.2 Å². The van der Waals surface area contributed by atoms with E-state index < -0.39 is 37.0 Å². The maximum Gasteiger partial charge on any atom is 0.326 e. The molecule has 2 amide bonds. The monoisotopic (exact) mass is 636 g/mol. The molecule has 1 saturated heterocycles. The molecule has 1 aliphatic rings. The highest BCUT2D eigenvalue weighted by Gasteiger charge is 2.45. The minimum absolute atomic E-state index is 0.00857. The van der Waals surface area contributed by atoms with Gasteiger partial charge in [-0.25, -0.2) is 36.6 Å². The Morgan fingerprint density at radius 3 is 2.45 bits per heavy atom. The Hall–Kier alpha value is -4.28. The number of fused-ring (bicyclic) bond motifs is 3. The molecule has 10 nitrogen and oxygen atoms in total. The molecule has 2 N–H and O–H groups in total. The van der Waals surface area contributed by atoms with Crippen LogP contribution in [-0.4, -0.2) is 63.9 Å². The van der Waals surface area contributed by atoms with Gasteiger partial charge in [0.25, 0.3) is 0 Å². The van der Waals surface area contributed by atoms with Gasteiger partial charge in [0.15, 0.2) is 10.6 Å². The summed E-state index contributed by atoms with van der Waals surface area (Å²) < 4.78 is 85.9. The smallest absolute Gasteiger partial charge is 0.326 e. The molecule has 3 aromatic heterocycles. The fraction of sp³-hybridized carbons (Fsp3) is 0.321. The van der Waals surface area contributed by atoms with Crippen molar-refractivity contribution in [2.24, 2.45) is 0 Å². The molecule has 0 spiro atoms. The van der Waals surface area contributed by atoms with E-state index in [1.807, 2.05) is 10.6 Å². The highest BCUT2D eigenvalue weighted by atomic mass is 32.1. The lowest BCUT2D eigenvalue weighted by atomic mass is 10.1. The Morgan fingerprint density at radius 2 is 1.77 bits per heavy atom. The number of hydrogen-bond acceptors (Lipinski definition) is 8. The SMILES string of the molecule is CC(C)(F)c1cc(NC(=O)Nc2ccc(-c3cn4c(n3)sc3cc(OCCN5C(F)C(F)OC(F)C5F)ccc34)cc2)on1. The number of nitrogens with zero attached hydrogens (tertiary/aromatic N) is 4. The number of rotatable bonds is 8. The number of alkyl halides is 5. The molecular weight excluding hydrogens is 611 g/mol. The molecule has 0 radical (unpaired) electrons. The quantitative estimate of drug-likeness (QED) is 0.140. The molecule has 5 aromatic rings. The van der Waals surface area contributed by atoms with Crippen molar-refractivity contribution in [1.82, 2.24) is 19.4 Å². The summed E-state index contributed by atoms with van der Waals surface area (Å²) >= 11 is 1.39. The van der Waals surface area contributed by atoms with Gasteiger partial charge in [0, 0.05) is 30.1 Å². The molecule has 16 heteroatoms. The molecule has 1 fully saturated rings. The molecule has 2 aromatic carbocycles. The summed E-state index contributed by atoms with van der Waals surface area (Å²) in [5.74, 6) is 0.422. The predicted molar refractivity (Wildman–Crippen MR) is 152 cm³/mol. The Morgan fingerprint density at radius 1 is 1.05 bits per heavy atom. The van der Waals surface area contributed by atoms with Gasteiger partial charge >= 0.3 is 6.03 Å². The summed E-state index contributed by atoms with van der Waals surface area (Å²) in [5.41, 5.74) is 1.20. The number of nitrogens with one attached hydrogen (secondary N) is 2. The van der Waals surface area contributed by atoms with Gasteiger partial charge < -0.3 is 19.3 Å². The van der Waals surface area contributed by atoms with E-state index in [0.29, 0.717) is 27.0 Å². The number of imidazole rings is 1. The van der Waals surface area contributed by atoms with E-state index in [0.717, 1.165) is 15.8 Å². The number of thiazole rings is 1. The molecule has 4 atom stereocenters. The number of carbonyl (C=O) groups is 1. The summed E-state index contributed by atoms with van der Waals surface area (Å²) in [4.78, 5) is 18.1. The molecule has 0 bridgehead atoms. The van der Waals surface area contributed by atoms with E-state index >= 15 is 0 Å². The van der Waals surface area contributed by atoms with Crippen LogP contribution in [0.4, 0.5) is 38.3 Å². The van der Waals surface area contributed by atoms with Crippen LogP contribution >= 0.6 is 11.3 Å². The van der Waals surface area contributed by atoms with Crippen LogP contribution in [0.15, 0.2) is 59.3 Å². The Labute approximate surface area is 250 Å². The van der Waals surface area contributed by atoms with Crippen molar-refractivity contribution in [3.63, 3.8) is 0 Å². The zero-order valence-electron chi connectivity index (χ0n) is 23.1. The van der Waals surface area contributed by atoms with Crippen LogP contribution in [-0.2, 0) is 10.4 Å². The van der Waals surface area contributed by atoms with Crippen molar-refractivity contribution >= 4 is 44.1 Å². The highest BCUT2D eigenvalue weighted by Crippen LogP contribution is 2.33. The predicted octanol–water partition coefficient (Wildman–Crippen LogP) is 6.95. The molecular formula is C28H25F5N6O4S. The maximum absolute atomic E-state index is 14.0. The van der Waals surface area contributed by atoms with Crippen molar-refractivity contribution in [2.45, 2.75) is 44.8 Å². The Kier molecular flexibility index (Phi) is 7.89. The number of amides is 2. The third-order valence-electron chi connectivity index (χ3n) is 6.80. The first-order chi connectivity index (χ1) is 21.0. The largest absolute Gasteiger partial charge is 0.492 e. The molecule has 6 rings (SSSR count). The molecule has 232 valence electrons. The zero-order chi connectivity index (χ0) is 31.2. The van der Waals surface area contributed by atoms with Crippen LogP contribution in [0.1, 0.15) is 19.5 Å². The lowest BCUT2D eigenvalue weighted by Gasteiger charge is -2.36. The summed E-state index contributed by atoms with van der Waals surface area (Å²) in [6.45, 7) is 2.06. The standard InChI is InChI=1S/C28H25F5N6O4S/c1-28(2,33)20-12-21(43-37-20)36-26(40)34-15-5-3-14(4-6-15)17-13-39-18-8-7-16(11-19(18)44-27(39)35-17)41-10-9-38-22(29)24(31)42-25(32)23(38)30/h3-8,11-13,22-25H,9-10H2,1-2H3,(H2,34,36,40). The summed E-state index contributed by atoms with van der Waals surface area (Å²) in [5, 5.41) is 8.74. The molecule has 44 heavy (non-hydrogen) atoms. The van der Waals surface area contributed by atoms with Crippen molar-refractivity contribution in [3.8, 4) is 17.0 Å². The lowest BCUT2D eigenvalue weighted by Crippen LogP contribution is -2.56. The first-order valence-corrected chi connectivity index (χ1v) is 14.1. The van der Waals surface area contributed by atoms with Crippen molar-refractivity contribution in [2.75, 3.05) is 23.8 Å². The van der Waals surface area contributed by atoms with Crippen LogP contribution in [0, 0.1) is 0 Å². The van der Waals surface area contributed by atoms with Gasteiger partial charge in [0.05, 0.1) is 15.9 Å². The number of aromatic nitrogens is 3. The van der Waals surface area contributed by atoms with Gasteiger partial charge in [-0.3, -0.25) is 9.72 Å². The molecule has 0 saturated carbocycles. The number of halogens is 5. The molecule has 4 heterocycles. The fourth-order valence-corrected chi connectivity index (χ4v) is 5.57. The van der Waals surface area contributed by atoms with Crippen molar-refractivity contribution < 1.29 is 40.7 Å². The van der Waals surface area contributed by atoms with Crippen LogP contribution in [0.5, 0.6) is 5.75 Å². The topological polar surface area (TPSA) is 106 Å². The second-order valence-electron chi connectivity index (χ2n) is 10.4. The minimum atomic E-state index is -2.58. The third kappa shape index (κ3) is 6.05. The van der Waals surface area contributed by atoms with Gasteiger partial charge in [-0.15, -0.1) is 0 Å². The second kappa shape index (κ2) is 11.7. The molecule has 1 aliphatic heterocycles. The van der Waals surface area contributed by atoms with Gasteiger partial charge in [0.1, 0.15) is 18.1 Å². The maximum atomic E-state index is 14.0. The second-order valence-corrected chi connectivity index (χ2v) is 11.4. The summed E-state index contributed by atoms with van der Waals surface area (Å²) in [7, 11) is 0. The van der Waals surface area contributed by atoms with Gasteiger partial charge in [-0.05, 0) is 44.2 Å². The zero-order valence-corrected chi connectivity index (χ0v) is 24.0. The highest BCUT2D eigenvalue weighted by molar-refractivity contribution is 7.23. The molecule has 0 aliphatic carbocycles. The Balaban J connectivity index is 1.07. The van der Waals surface area contributed by atoms with Crippen LogP contribution < -0.4 is 15.4 Å². The number of ether oxygens (including phenoxy) is 2.